The van der Waals surface area contributed by atoms with Gasteiger partial charge in [-0.05, 0) is 35.1 Å². The van der Waals surface area contributed by atoms with E-state index in [4.69, 9.17) is 14.2 Å². The van der Waals surface area contributed by atoms with E-state index in [9.17, 15) is 18.0 Å². The van der Waals surface area contributed by atoms with Crippen LogP contribution in [0.25, 0.3) is 0 Å². The van der Waals surface area contributed by atoms with E-state index < -0.39 is 18.1 Å². The second-order valence-corrected chi connectivity index (χ2v) is 7.14. The molecular formula is C21H20F3NO4. The number of nitrogens with one attached hydrogen (secondary N) is 1. The molecule has 0 spiro atoms. The largest absolute Gasteiger partial charge is 0.493 e. The van der Waals surface area contributed by atoms with Crippen molar-refractivity contribution in [2.24, 2.45) is 5.92 Å². The minimum atomic E-state index is -4.97. The van der Waals surface area contributed by atoms with Crippen LogP contribution >= 0.6 is 0 Å². The smallest absolute Gasteiger partial charge is 0.471 e. The molecule has 0 saturated heterocycles. The summed E-state index contributed by atoms with van der Waals surface area (Å²) in [5, 5.41) is 2.21. The average molecular weight is 407 g/mol. The highest BCUT2D eigenvalue weighted by Gasteiger charge is 2.51. The summed E-state index contributed by atoms with van der Waals surface area (Å²) in [6, 6.07) is 8.53. The third kappa shape index (κ3) is 2.89. The van der Waals surface area contributed by atoms with E-state index in [0.717, 1.165) is 16.7 Å². The van der Waals surface area contributed by atoms with E-state index in [-0.39, 0.29) is 11.8 Å². The van der Waals surface area contributed by atoms with Crippen LogP contribution in [0, 0.1) is 5.92 Å². The Bertz CT molecular complexity index is 973. The maximum Gasteiger partial charge on any atom is 0.471 e. The Labute approximate surface area is 165 Å². The molecule has 0 fully saturated rings. The summed E-state index contributed by atoms with van der Waals surface area (Å²) in [7, 11) is 4.40. The van der Waals surface area contributed by atoms with Crippen LogP contribution in [0.1, 0.15) is 34.2 Å². The van der Waals surface area contributed by atoms with Crippen molar-refractivity contribution in [2.45, 2.75) is 24.6 Å². The lowest BCUT2D eigenvalue weighted by Crippen LogP contribution is -2.40. The number of amides is 1. The molecule has 0 radical (unpaired) electrons. The third-order valence-corrected chi connectivity index (χ3v) is 5.79. The number of carbonyl (C=O) groups excluding carboxylic acids is 1. The maximum absolute atomic E-state index is 13.0. The van der Waals surface area contributed by atoms with Crippen LogP contribution in [-0.2, 0) is 11.2 Å². The van der Waals surface area contributed by atoms with Gasteiger partial charge in [0.1, 0.15) is 0 Å². The first-order valence-corrected chi connectivity index (χ1v) is 9.10. The van der Waals surface area contributed by atoms with Crippen molar-refractivity contribution in [1.29, 1.82) is 0 Å². The predicted octanol–water partition coefficient (Wildman–Crippen LogP) is 3.75. The second-order valence-electron chi connectivity index (χ2n) is 7.14. The molecule has 3 atom stereocenters. The SMILES string of the molecule is COc1cc2c(c(OC)c1OC)[C@@H]1c3ccccc3C[C@@H]1[C@H]2NC(=O)C(F)(F)F. The Balaban J connectivity index is 1.93. The van der Waals surface area contributed by atoms with Crippen molar-refractivity contribution in [1.82, 2.24) is 5.32 Å². The number of ether oxygens (including phenoxy) is 3. The van der Waals surface area contributed by atoms with Gasteiger partial charge in [-0.2, -0.15) is 13.2 Å². The Morgan fingerprint density at radius 3 is 2.34 bits per heavy atom. The molecule has 0 aliphatic heterocycles. The summed E-state index contributed by atoms with van der Waals surface area (Å²) in [5.74, 6) is -1.31. The summed E-state index contributed by atoms with van der Waals surface area (Å²) >= 11 is 0. The highest BCUT2D eigenvalue weighted by molar-refractivity contribution is 5.83. The van der Waals surface area contributed by atoms with Crippen LogP contribution in [0.2, 0.25) is 0 Å². The zero-order chi connectivity index (χ0) is 20.9. The number of carbonyl (C=O) groups is 1. The van der Waals surface area contributed by atoms with Crippen LogP contribution in [0.4, 0.5) is 13.2 Å². The first-order valence-electron chi connectivity index (χ1n) is 9.10. The molecule has 2 aliphatic rings. The first-order chi connectivity index (χ1) is 13.8. The quantitative estimate of drug-likeness (QED) is 0.839. The Hall–Kier alpha value is -2.90. The standard InChI is InChI=1S/C21H20F3NO4/c1-27-14-9-13-16(19(29-3)18(14)28-2)15-11-7-5-4-6-10(11)8-12(15)17(13)25-20(26)21(22,23)24/h4-7,9,12,15,17H,8H2,1-3H3,(H,25,26)/t12-,15+,17+/m0/s1. The minimum absolute atomic E-state index is 0.213. The molecule has 154 valence electrons. The number of halogens is 3. The van der Waals surface area contributed by atoms with Crippen molar-refractivity contribution in [3.63, 3.8) is 0 Å². The number of methoxy groups -OCH3 is 3. The molecular weight excluding hydrogens is 387 g/mol. The molecule has 5 nitrogen and oxygen atoms in total. The number of alkyl halides is 3. The Morgan fingerprint density at radius 2 is 1.72 bits per heavy atom. The molecule has 0 bridgehead atoms. The van der Waals surface area contributed by atoms with Crippen molar-refractivity contribution in [2.75, 3.05) is 21.3 Å². The fourth-order valence-electron chi connectivity index (χ4n) is 4.72. The molecule has 0 saturated carbocycles. The topological polar surface area (TPSA) is 56.8 Å². The molecule has 0 heterocycles. The highest BCUT2D eigenvalue weighted by Crippen LogP contribution is 2.60. The fourth-order valence-corrected chi connectivity index (χ4v) is 4.72. The zero-order valence-electron chi connectivity index (χ0n) is 16.1. The predicted molar refractivity (Wildman–Crippen MR) is 98.5 cm³/mol. The molecule has 2 aromatic rings. The Kier molecular flexibility index (Phi) is 4.59. The van der Waals surface area contributed by atoms with Gasteiger partial charge in [0.25, 0.3) is 0 Å². The summed E-state index contributed by atoms with van der Waals surface area (Å²) < 4.78 is 55.5. The summed E-state index contributed by atoms with van der Waals surface area (Å²) in [4.78, 5) is 11.8. The number of fused-ring (bicyclic) bond motifs is 5. The van der Waals surface area contributed by atoms with E-state index in [1.54, 1.807) is 6.07 Å². The monoisotopic (exact) mass is 407 g/mol. The first kappa shape index (κ1) is 19.4. The fraction of sp³-hybridized carbons (Fsp3) is 0.381. The summed E-state index contributed by atoms with van der Waals surface area (Å²) in [6.07, 6.45) is -4.42. The lowest BCUT2D eigenvalue weighted by Gasteiger charge is -2.22. The average Bonchev–Trinajstić information content (AvgIpc) is 3.21. The number of hydrogen-bond donors (Lipinski definition) is 1. The normalized spacial score (nSPS) is 21.8. The second kappa shape index (κ2) is 6.86. The highest BCUT2D eigenvalue weighted by atomic mass is 19.4. The van der Waals surface area contributed by atoms with Crippen molar-refractivity contribution in [3.05, 3.63) is 52.6 Å². The van der Waals surface area contributed by atoms with Crippen LogP contribution in [0.3, 0.4) is 0 Å². The van der Waals surface area contributed by atoms with Crippen molar-refractivity contribution in [3.8, 4) is 17.2 Å². The number of rotatable bonds is 4. The minimum Gasteiger partial charge on any atom is -0.493 e. The number of hydrogen-bond acceptors (Lipinski definition) is 4. The van der Waals surface area contributed by atoms with E-state index in [1.807, 2.05) is 24.3 Å². The molecule has 1 amide bonds. The van der Waals surface area contributed by atoms with E-state index in [1.165, 1.54) is 21.3 Å². The van der Waals surface area contributed by atoms with Crippen LogP contribution < -0.4 is 19.5 Å². The lowest BCUT2D eigenvalue weighted by atomic mass is 9.90. The van der Waals surface area contributed by atoms with Gasteiger partial charge < -0.3 is 19.5 Å². The number of benzene rings is 2. The van der Waals surface area contributed by atoms with Gasteiger partial charge in [-0.1, -0.05) is 24.3 Å². The maximum atomic E-state index is 13.0. The van der Waals surface area contributed by atoms with Gasteiger partial charge in [0, 0.05) is 11.5 Å². The third-order valence-electron chi connectivity index (χ3n) is 5.79. The van der Waals surface area contributed by atoms with Crippen molar-refractivity contribution < 1.29 is 32.2 Å². The van der Waals surface area contributed by atoms with Gasteiger partial charge in [-0.15, -0.1) is 0 Å². The van der Waals surface area contributed by atoms with E-state index >= 15 is 0 Å². The van der Waals surface area contributed by atoms with Gasteiger partial charge in [0.05, 0.1) is 27.4 Å². The van der Waals surface area contributed by atoms with Crippen LogP contribution in [-0.4, -0.2) is 33.4 Å². The zero-order valence-corrected chi connectivity index (χ0v) is 16.1. The molecule has 0 unspecified atom stereocenters. The van der Waals surface area contributed by atoms with Gasteiger partial charge in [-0.25, -0.2) is 0 Å². The van der Waals surface area contributed by atoms with Gasteiger partial charge >= 0.3 is 12.1 Å². The summed E-state index contributed by atoms with van der Waals surface area (Å²) in [5.41, 5.74) is 3.36. The van der Waals surface area contributed by atoms with Crippen molar-refractivity contribution >= 4 is 5.91 Å². The molecule has 8 heteroatoms. The molecule has 1 N–H and O–H groups in total. The molecule has 29 heavy (non-hydrogen) atoms. The summed E-state index contributed by atoms with van der Waals surface area (Å²) in [6.45, 7) is 0. The van der Waals surface area contributed by atoms with Gasteiger partial charge in [0.15, 0.2) is 11.5 Å². The van der Waals surface area contributed by atoms with E-state index in [0.29, 0.717) is 29.2 Å². The van der Waals surface area contributed by atoms with Crippen LogP contribution in [0.15, 0.2) is 30.3 Å². The van der Waals surface area contributed by atoms with Gasteiger partial charge in [0.2, 0.25) is 5.75 Å². The lowest BCUT2D eigenvalue weighted by molar-refractivity contribution is -0.174. The van der Waals surface area contributed by atoms with Gasteiger partial charge in [-0.3, -0.25) is 4.79 Å². The molecule has 2 aliphatic carbocycles. The van der Waals surface area contributed by atoms with E-state index in [2.05, 4.69) is 5.32 Å². The van der Waals surface area contributed by atoms with Crippen LogP contribution in [0.5, 0.6) is 17.2 Å². The molecule has 2 aromatic carbocycles. The Morgan fingerprint density at radius 1 is 1.03 bits per heavy atom. The molecule has 4 rings (SSSR count). The molecule has 0 aromatic heterocycles.